The van der Waals surface area contributed by atoms with Gasteiger partial charge >= 0.3 is 6.09 Å². The SMILES string of the molecule is CC(=O)c1ccc(Nc2cc(OC3C4COCC3CN(C(=O)OC3(C)CC3)C4)ncn2)c(Cl)c1. The molecule has 1 amide bonds. The second-order valence-electron chi connectivity index (χ2n) is 9.48. The number of halogens is 1. The zero-order chi connectivity index (χ0) is 23.9. The summed E-state index contributed by atoms with van der Waals surface area (Å²) in [7, 11) is 0. The minimum atomic E-state index is -0.296. The third-order valence-corrected chi connectivity index (χ3v) is 6.90. The molecule has 9 nitrogen and oxygen atoms in total. The Hall–Kier alpha value is -2.91. The van der Waals surface area contributed by atoms with Crippen LogP contribution >= 0.6 is 11.6 Å². The van der Waals surface area contributed by atoms with E-state index in [1.54, 1.807) is 29.2 Å². The first-order chi connectivity index (χ1) is 16.3. The van der Waals surface area contributed by atoms with E-state index in [0.29, 0.717) is 54.3 Å². The number of amides is 1. The number of Topliss-reactive ketones (excluding diaryl/α,β-unsaturated/α-hetero) is 1. The van der Waals surface area contributed by atoms with Gasteiger partial charge in [-0.05, 0) is 44.9 Å². The topological polar surface area (TPSA) is 103 Å². The van der Waals surface area contributed by atoms with Gasteiger partial charge in [0.2, 0.25) is 5.88 Å². The maximum absolute atomic E-state index is 12.6. The number of ketones is 1. The fourth-order valence-electron chi connectivity index (χ4n) is 4.38. The highest BCUT2D eigenvalue weighted by atomic mass is 35.5. The second kappa shape index (κ2) is 9.03. The summed E-state index contributed by atoms with van der Waals surface area (Å²) in [6, 6.07) is 6.77. The molecule has 3 heterocycles. The maximum atomic E-state index is 12.6. The third kappa shape index (κ3) is 4.95. The van der Waals surface area contributed by atoms with Crippen LogP contribution in [0.25, 0.3) is 0 Å². The first-order valence-corrected chi connectivity index (χ1v) is 11.8. The van der Waals surface area contributed by atoms with E-state index < -0.39 is 0 Å². The van der Waals surface area contributed by atoms with E-state index in [-0.39, 0.29) is 35.4 Å². The van der Waals surface area contributed by atoms with E-state index in [0.717, 1.165) is 12.8 Å². The summed E-state index contributed by atoms with van der Waals surface area (Å²) in [6.07, 6.45) is 2.88. The molecule has 3 fully saturated rings. The van der Waals surface area contributed by atoms with Gasteiger partial charge in [-0.1, -0.05) is 11.6 Å². The number of anilines is 2. The number of rotatable bonds is 6. The molecule has 2 saturated heterocycles. The number of nitrogens with one attached hydrogen (secondary N) is 1. The Morgan fingerprint density at radius 2 is 1.91 bits per heavy atom. The van der Waals surface area contributed by atoms with Crippen molar-refractivity contribution in [2.24, 2.45) is 11.8 Å². The summed E-state index contributed by atoms with van der Waals surface area (Å²) in [6.45, 7) is 5.52. The van der Waals surface area contributed by atoms with Gasteiger partial charge in [0.05, 0.1) is 23.9 Å². The standard InChI is InChI=1S/C24H27ClN4O5/c1-14(30)15-3-4-19(18(25)7-15)28-20-8-21(27-13-26-20)33-22-16-9-29(10-17(22)12-32-11-16)23(31)34-24(2)5-6-24/h3-4,7-8,13,16-17,22H,5-6,9-12H2,1-2H3,(H,26,27,28). The number of fused-ring (bicyclic) bond motifs is 2. The Labute approximate surface area is 202 Å². The number of ether oxygens (including phenoxy) is 3. The molecule has 1 aromatic carbocycles. The lowest BCUT2D eigenvalue weighted by atomic mass is 9.84. The summed E-state index contributed by atoms with van der Waals surface area (Å²) in [5.74, 6) is 0.931. The monoisotopic (exact) mass is 486 g/mol. The van der Waals surface area contributed by atoms with Crippen LogP contribution in [0.3, 0.4) is 0 Å². The Morgan fingerprint density at radius 3 is 2.56 bits per heavy atom. The molecule has 2 bridgehead atoms. The van der Waals surface area contributed by atoms with E-state index in [1.807, 2.05) is 6.92 Å². The van der Waals surface area contributed by atoms with Gasteiger partial charge < -0.3 is 24.4 Å². The van der Waals surface area contributed by atoms with E-state index >= 15 is 0 Å². The average Bonchev–Trinajstić information content (AvgIpc) is 3.51. The molecule has 5 rings (SSSR count). The van der Waals surface area contributed by atoms with E-state index in [2.05, 4.69) is 15.3 Å². The van der Waals surface area contributed by atoms with Crippen LogP contribution in [0.2, 0.25) is 5.02 Å². The molecule has 1 N–H and O–H groups in total. The van der Waals surface area contributed by atoms with Crippen LogP contribution in [-0.2, 0) is 9.47 Å². The number of hydrogen-bond acceptors (Lipinski definition) is 8. The third-order valence-electron chi connectivity index (χ3n) is 6.59. The highest BCUT2D eigenvalue weighted by Gasteiger charge is 2.47. The van der Waals surface area contributed by atoms with Crippen molar-refractivity contribution in [1.82, 2.24) is 14.9 Å². The van der Waals surface area contributed by atoms with Crippen molar-refractivity contribution >= 4 is 35.0 Å². The molecule has 2 atom stereocenters. The van der Waals surface area contributed by atoms with Gasteiger partial charge in [0.25, 0.3) is 0 Å². The Bertz CT molecular complexity index is 1090. The van der Waals surface area contributed by atoms with Gasteiger partial charge in [-0.15, -0.1) is 0 Å². The van der Waals surface area contributed by atoms with Gasteiger partial charge in [0.1, 0.15) is 23.9 Å². The quantitative estimate of drug-likeness (QED) is 0.609. The van der Waals surface area contributed by atoms with Crippen molar-refractivity contribution in [1.29, 1.82) is 0 Å². The molecule has 180 valence electrons. The Kier molecular flexibility index (Phi) is 6.07. The van der Waals surface area contributed by atoms with Crippen LogP contribution in [0, 0.1) is 11.8 Å². The molecule has 2 aliphatic heterocycles. The average molecular weight is 487 g/mol. The summed E-state index contributed by atoms with van der Waals surface area (Å²) in [5.41, 5.74) is 0.866. The lowest BCUT2D eigenvalue weighted by molar-refractivity contribution is -0.111. The zero-order valence-electron chi connectivity index (χ0n) is 19.1. The van der Waals surface area contributed by atoms with E-state index in [1.165, 1.54) is 13.3 Å². The van der Waals surface area contributed by atoms with Crippen LogP contribution < -0.4 is 10.1 Å². The number of benzene rings is 1. The molecule has 0 radical (unpaired) electrons. The molecule has 1 saturated carbocycles. The molecule has 34 heavy (non-hydrogen) atoms. The van der Waals surface area contributed by atoms with Crippen molar-refractivity contribution in [2.75, 3.05) is 31.6 Å². The van der Waals surface area contributed by atoms with Gasteiger partial charge in [-0.2, -0.15) is 0 Å². The fourth-order valence-corrected chi connectivity index (χ4v) is 4.61. The molecular weight excluding hydrogens is 460 g/mol. The molecule has 2 unspecified atom stereocenters. The number of carbonyl (C=O) groups is 2. The van der Waals surface area contributed by atoms with Crippen LogP contribution in [0.4, 0.5) is 16.3 Å². The molecule has 1 aromatic heterocycles. The zero-order valence-corrected chi connectivity index (χ0v) is 19.9. The first-order valence-electron chi connectivity index (χ1n) is 11.4. The lowest BCUT2D eigenvalue weighted by Crippen LogP contribution is -2.59. The van der Waals surface area contributed by atoms with Crippen LogP contribution in [-0.4, -0.2) is 64.8 Å². The lowest BCUT2D eigenvalue weighted by Gasteiger charge is -2.46. The highest BCUT2D eigenvalue weighted by Crippen LogP contribution is 2.40. The second-order valence-corrected chi connectivity index (χ2v) is 9.89. The number of hydrogen-bond donors (Lipinski definition) is 1. The number of carbonyl (C=O) groups excluding carboxylic acids is 2. The van der Waals surface area contributed by atoms with Crippen molar-refractivity contribution in [2.45, 2.75) is 38.4 Å². The molecular formula is C24H27ClN4O5. The van der Waals surface area contributed by atoms with Gasteiger partial charge in [0.15, 0.2) is 5.78 Å². The highest BCUT2D eigenvalue weighted by molar-refractivity contribution is 6.33. The Balaban J connectivity index is 1.25. The summed E-state index contributed by atoms with van der Waals surface area (Å²) in [4.78, 5) is 34.5. The molecule has 0 spiro atoms. The summed E-state index contributed by atoms with van der Waals surface area (Å²) in [5, 5.41) is 3.56. The van der Waals surface area contributed by atoms with Crippen molar-refractivity contribution in [3.63, 3.8) is 0 Å². The predicted molar refractivity (Wildman–Crippen MR) is 125 cm³/mol. The van der Waals surface area contributed by atoms with Crippen molar-refractivity contribution in [3.8, 4) is 5.88 Å². The van der Waals surface area contributed by atoms with Crippen molar-refractivity contribution in [3.05, 3.63) is 41.2 Å². The largest absolute Gasteiger partial charge is 0.473 e. The molecule has 1 aliphatic carbocycles. The first kappa shape index (κ1) is 22.9. The Morgan fingerprint density at radius 1 is 1.18 bits per heavy atom. The van der Waals surface area contributed by atoms with Crippen molar-refractivity contribution < 1.29 is 23.8 Å². The van der Waals surface area contributed by atoms with Crippen LogP contribution in [0.5, 0.6) is 5.88 Å². The van der Waals surface area contributed by atoms with Gasteiger partial charge in [0, 0.05) is 36.6 Å². The van der Waals surface area contributed by atoms with Gasteiger partial charge in [-0.25, -0.2) is 14.8 Å². The van der Waals surface area contributed by atoms with Crippen LogP contribution in [0.1, 0.15) is 37.0 Å². The molecule has 3 aliphatic rings. The van der Waals surface area contributed by atoms with Crippen LogP contribution in [0.15, 0.2) is 30.6 Å². The number of piperidine rings is 1. The smallest absolute Gasteiger partial charge is 0.410 e. The normalized spacial score (nSPS) is 24.8. The summed E-state index contributed by atoms with van der Waals surface area (Å²) >= 11 is 6.32. The van der Waals surface area contributed by atoms with E-state index in [4.69, 9.17) is 25.8 Å². The maximum Gasteiger partial charge on any atom is 0.410 e. The number of nitrogens with zero attached hydrogens (tertiary/aromatic N) is 3. The van der Waals surface area contributed by atoms with E-state index in [9.17, 15) is 9.59 Å². The fraction of sp³-hybridized carbons (Fsp3) is 0.500. The summed E-state index contributed by atoms with van der Waals surface area (Å²) < 4.78 is 17.7. The molecule has 2 aromatic rings. The minimum Gasteiger partial charge on any atom is -0.473 e. The van der Waals surface area contributed by atoms with Gasteiger partial charge in [-0.3, -0.25) is 4.79 Å². The molecule has 10 heteroatoms. The number of aromatic nitrogens is 2. The minimum absolute atomic E-state index is 0.0204. The number of likely N-dealkylation sites (tertiary alicyclic amines) is 1. The predicted octanol–water partition coefficient (Wildman–Crippen LogP) is 4.09.